The number of ether oxygens (including phenoxy) is 3. The van der Waals surface area contributed by atoms with Crippen LogP contribution in [0.3, 0.4) is 0 Å². The van der Waals surface area contributed by atoms with E-state index in [9.17, 15) is 19.5 Å². The Labute approximate surface area is 340 Å². The molecule has 5 aromatic carbocycles. The van der Waals surface area contributed by atoms with Gasteiger partial charge in [-0.15, -0.1) is 0 Å². The Balaban J connectivity index is 1.45. The van der Waals surface area contributed by atoms with Gasteiger partial charge < -0.3 is 40.2 Å². The number of benzene rings is 5. The molecule has 11 nitrogen and oxygen atoms in total. The summed E-state index contributed by atoms with van der Waals surface area (Å²) in [7, 11) is 4.91. The van der Waals surface area contributed by atoms with Crippen molar-refractivity contribution in [1.29, 1.82) is 0 Å². The van der Waals surface area contributed by atoms with Crippen LogP contribution in [0.4, 0.5) is 0 Å². The van der Waals surface area contributed by atoms with Gasteiger partial charge in [0, 0.05) is 32.9 Å². The molecule has 0 saturated carbocycles. The van der Waals surface area contributed by atoms with Gasteiger partial charge in [0.05, 0.1) is 12.1 Å². The lowest BCUT2D eigenvalue weighted by atomic mass is 9.95. The SMILES string of the molecule is CNC[C@H](O)C[C@@H]1NC(=O)[C@@H](NC)Cc2cc(ccc2OCc2ccccc2)-c2ccc(OCc3ccccc3)c(c2)C[C@@H](C(=O)OCc2ccccc2)N(C)C1=O. The molecule has 302 valence electrons. The van der Waals surface area contributed by atoms with Gasteiger partial charge in [-0.1, -0.05) is 103 Å². The van der Waals surface area contributed by atoms with Crippen molar-refractivity contribution in [3.8, 4) is 22.6 Å². The molecule has 1 aliphatic rings. The predicted octanol–water partition coefficient (Wildman–Crippen LogP) is 5.22. The number of likely N-dealkylation sites (N-methyl/N-ethyl adjacent to an activating group) is 3. The minimum absolute atomic E-state index is 0.00196. The molecule has 0 fully saturated rings. The average molecular weight is 785 g/mol. The normalized spacial score (nSPS) is 17.7. The van der Waals surface area contributed by atoms with Crippen LogP contribution in [0.25, 0.3) is 11.1 Å². The van der Waals surface area contributed by atoms with E-state index in [1.807, 2.05) is 127 Å². The van der Waals surface area contributed by atoms with Gasteiger partial charge in [0.15, 0.2) is 0 Å². The number of amides is 2. The van der Waals surface area contributed by atoms with Crippen LogP contribution in [0.5, 0.6) is 11.5 Å². The van der Waals surface area contributed by atoms with Gasteiger partial charge in [-0.25, -0.2) is 4.79 Å². The van der Waals surface area contributed by atoms with Gasteiger partial charge in [-0.05, 0) is 77.3 Å². The third-order valence-corrected chi connectivity index (χ3v) is 10.3. The van der Waals surface area contributed by atoms with E-state index in [1.165, 1.54) is 11.9 Å². The average Bonchev–Trinajstić information content (AvgIpc) is 3.25. The van der Waals surface area contributed by atoms with E-state index in [4.69, 9.17) is 14.2 Å². The highest BCUT2D eigenvalue weighted by Gasteiger charge is 2.36. The molecule has 6 rings (SSSR count). The fourth-order valence-corrected chi connectivity index (χ4v) is 7.03. The number of aliphatic hydroxyl groups excluding tert-OH is 1. The van der Waals surface area contributed by atoms with Crippen molar-refractivity contribution in [2.24, 2.45) is 0 Å². The highest BCUT2D eigenvalue weighted by atomic mass is 16.5. The molecule has 2 amide bonds. The highest BCUT2D eigenvalue weighted by molar-refractivity contribution is 5.92. The Bertz CT molecular complexity index is 2120. The standard InChI is InChI=1S/C47H52N4O7/c1-48-28-39(52)27-41-46(54)51(3)42(47(55)58-31-34-17-11-6-12-18-34)26-38-24-36(20-22-44(38)57-30-33-15-9-5-10-16-33)35-19-21-43(56-29-32-13-7-4-8-14-32)37(23-35)25-40(49-2)45(53)50-41/h4-24,39-42,48-49,52H,25-31H2,1-3H3,(H,50,53)/t39-,40+,41+,42+/m1/s1. The third-order valence-electron chi connectivity index (χ3n) is 10.3. The fraction of sp³-hybridized carbons (Fsp3) is 0.298. The highest BCUT2D eigenvalue weighted by Crippen LogP contribution is 2.33. The quantitative estimate of drug-likeness (QED) is 0.112. The molecule has 0 saturated heterocycles. The van der Waals surface area contributed by atoms with Crippen LogP contribution in [-0.4, -0.2) is 79.7 Å². The van der Waals surface area contributed by atoms with Crippen molar-refractivity contribution in [2.75, 3.05) is 27.7 Å². The van der Waals surface area contributed by atoms with Crippen LogP contribution in [0.1, 0.15) is 34.2 Å². The molecule has 0 unspecified atom stereocenters. The second-order valence-electron chi connectivity index (χ2n) is 14.5. The number of fused-ring (bicyclic) bond motifs is 5. The summed E-state index contributed by atoms with van der Waals surface area (Å²) in [5.74, 6) is -0.456. The maximum Gasteiger partial charge on any atom is 0.329 e. The maximum absolute atomic E-state index is 14.6. The van der Waals surface area contributed by atoms with Gasteiger partial charge in [-0.3, -0.25) is 9.59 Å². The molecule has 1 aliphatic heterocycles. The van der Waals surface area contributed by atoms with E-state index in [0.717, 1.165) is 33.4 Å². The smallest absolute Gasteiger partial charge is 0.329 e. The summed E-state index contributed by atoms with van der Waals surface area (Å²) in [5.41, 5.74) is 5.93. The minimum Gasteiger partial charge on any atom is -0.489 e. The van der Waals surface area contributed by atoms with E-state index < -0.39 is 42.0 Å². The molecular formula is C47H52N4O7. The van der Waals surface area contributed by atoms with Gasteiger partial charge in [0.1, 0.15) is 43.4 Å². The van der Waals surface area contributed by atoms with Crippen LogP contribution >= 0.6 is 0 Å². The zero-order valence-corrected chi connectivity index (χ0v) is 33.2. The monoisotopic (exact) mass is 784 g/mol. The fourth-order valence-electron chi connectivity index (χ4n) is 7.03. The zero-order valence-electron chi connectivity index (χ0n) is 33.2. The van der Waals surface area contributed by atoms with Gasteiger partial charge in [0.2, 0.25) is 11.8 Å². The summed E-state index contributed by atoms with van der Waals surface area (Å²) in [5, 5.41) is 19.9. The Morgan fingerprint density at radius 3 is 1.74 bits per heavy atom. The van der Waals surface area contributed by atoms with E-state index in [0.29, 0.717) is 23.7 Å². The van der Waals surface area contributed by atoms with E-state index >= 15 is 0 Å². The van der Waals surface area contributed by atoms with Gasteiger partial charge in [-0.2, -0.15) is 0 Å². The van der Waals surface area contributed by atoms with Gasteiger partial charge in [0.25, 0.3) is 0 Å². The van der Waals surface area contributed by atoms with Crippen LogP contribution < -0.4 is 25.4 Å². The molecule has 5 aromatic rings. The summed E-state index contributed by atoms with van der Waals surface area (Å²) >= 11 is 0. The summed E-state index contributed by atoms with van der Waals surface area (Å²) in [6.45, 7) is 0.800. The number of esters is 1. The lowest BCUT2D eigenvalue weighted by molar-refractivity contribution is -0.156. The molecule has 11 heteroatoms. The van der Waals surface area contributed by atoms with E-state index in [1.54, 1.807) is 14.1 Å². The molecule has 0 aromatic heterocycles. The van der Waals surface area contributed by atoms with Crippen LogP contribution in [0.15, 0.2) is 127 Å². The minimum atomic E-state index is -1.17. The summed E-state index contributed by atoms with van der Waals surface area (Å²) in [4.78, 5) is 44.3. The van der Waals surface area contributed by atoms with Crippen molar-refractivity contribution in [3.05, 3.63) is 155 Å². The molecule has 0 spiro atoms. The number of hydrogen-bond donors (Lipinski definition) is 4. The van der Waals surface area contributed by atoms with E-state index in [-0.39, 0.29) is 39.0 Å². The van der Waals surface area contributed by atoms with Crippen LogP contribution in [0.2, 0.25) is 0 Å². The van der Waals surface area contributed by atoms with E-state index in [2.05, 4.69) is 16.0 Å². The third kappa shape index (κ3) is 11.1. The van der Waals surface area contributed by atoms with Gasteiger partial charge >= 0.3 is 5.97 Å². The largest absolute Gasteiger partial charge is 0.489 e. The second kappa shape index (κ2) is 20.4. The summed E-state index contributed by atoms with van der Waals surface area (Å²) in [6.07, 6.45) is -0.802. The lowest BCUT2D eigenvalue weighted by Crippen LogP contribution is -2.57. The lowest BCUT2D eigenvalue weighted by Gasteiger charge is -2.32. The Morgan fingerprint density at radius 1 is 0.741 bits per heavy atom. The number of aliphatic hydroxyl groups is 1. The number of carbonyl (C=O) groups is 3. The van der Waals surface area contributed by atoms with Crippen molar-refractivity contribution in [3.63, 3.8) is 0 Å². The van der Waals surface area contributed by atoms with Crippen LogP contribution in [0, 0.1) is 0 Å². The molecule has 4 atom stereocenters. The maximum atomic E-state index is 14.6. The molecule has 1 heterocycles. The first kappa shape index (κ1) is 41.6. The number of nitrogens with one attached hydrogen (secondary N) is 3. The Hall–Kier alpha value is -6.01. The number of rotatable bonds is 14. The molecule has 4 bridgehead atoms. The first-order valence-electron chi connectivity index (χ1n) is 19.6. The Morgan fingerprint density at radius 2 is 1.24 bits per heavy atom. The first-order chi connectivity index (χ1) is 28.2. The van der Waals surface area contributed by atoms with Crippen molar-refractivity contribution >= 4 is 17.8 Å². The number of carbonyl (C=O) groups excluding carboxylic acids is 3. The second-order valence-corrected chi connectivity index (χ2v) is 14.5. The van der Waals surface area contributed by atoms with Crippen LogP contribution in [-0.2, 0) is 51.8 Å². The molecule has 58 heavy (non-hydrogen) atoms. The molecule has 0 aliphatic carbocycles. The molecule has 4 N–H and O–H groups in total. The zero-order chi connectivity index (χ0) is 40.9. The van der Waals surface area contributed by atoms with Crippen molar-refractivity contribution in [2.45, 2.75) is 63.3 Å². The number of hydrogen-bond acceptors (Lipinski definition) is 9. The number of nitrogens with zero attached hydrogens (tertiary/aromatic N) is 1. The molecular weight excluding hydrogens is 733 g/mol. The van der Waals surface area contributed by atoms with Crippen molar-refractivity contribution in [1.82, 2.24) is 20.9 Å². The predicted molar refractivity (Wildman–Crippen MR) is 223 cm³/mol. The Kier molecular flexibility index (Phi) is 14.7. The summed E-state index contributed by atoms with van der Waals surface area (Å²) < 4.78 is 18.7. The van der Waals surface area contributed by atoms with Crippen molar-refractivity contribution < 1.29 is 33.7 Å². The molecule has 0 radical (unpaired) electrons. The summed E-state index contributed by atoms with van der Waals surface area (Å²) in [6, 6.07) is 37.6. The first-order valence-corrected chi connectivity index (χ1v) is 19.6. The topological polar surface area (TPSA) is 138 Å².